The fraction of sp³-hybridized carbons (Fsp3) is 0.353. The third-order valence-electron chi connectivity index (χ3n) is 4.64. The maximum absolute atomic E-state index is 12.6. The van der Waals surface area contributed by atoms with Crippen LogP contribution in [0.15, 0.2) is 43.7 Å². The van der Waals surface area contributed by atoms with Crippen molar-refractivity contribution in [1.29, 1.82) is 0 Å². The number of nitrogens with one attached hydrogen (secondary N) is 1. The van der Waals surface area contributed by atoms with Crippen LogP contribution in [0.4, 0.5) is 5.95 Å². The average Bonchev–Trinajstić information content (AvgIpc) is 3.34. The molecule has 9 nitrogen and oxygen atoms in total. The zero-order valence-electron chi connectivity index (χ0n) is 14.3. The Morgan fingerprint density at radius 3 is 2.85 bits per heavy atom. The van der Waals surface area contributed by atoms with E-state index in [0.717, 1.165) is 25.7 Å². The van der Waals surface area contributed by atoms with Gasteiger partial charge < -0.3 is 8.98 Å². The number of fused-ring (bicyclic) bond motifs is 1. The van der Waals surface area contributed by atoms with Gasteiger partial charge in [-0.3, -0.25) is 14.2 Å². The highest BCUT2D eigenvalue weighted by atomic mass is 16.3. The van der Waals surface area contributed by atoms with Crippen LogP contribution in [-0.2, 0) is 7.05 Å². The van der Waals surface area contributed by atoms with Gasteiger partial charge in [-0.2, -0.15) is 10.1 Å². The van der Waals surface area contributed by atoms with E-state index < -0.39 is 11.1 Å². The van der Waals surface area contributed by atoms with Gasteiger partial charge >= 0.3 is 11.1 Å². The fourth-order valence-corrected chi connectivity index (χ4v) is 3.31. The highest BCUT2D eigenvalue weighted by Gasteiger charge is 2.23. The van der Waals surface area contributed by atoms with Crippen molar-refractivity contribution in [3.05, 3.63) is 51.1 Å². The molecule has 0 saturated heterocycles. The summed E-state index contributed by atoms with van der Waals surface area (Å²) in [6, 6.07) is 3.52. The number of furan rings is 1. The van der Waals surface area contributed by atoms with Gasteiger partial charge in [-0.05, 0) is 25.0 Å². The molecule has 0 bridgehead atoms. The lowest BCUT2D eigenvalue weighted by atomic mass is 10.2. The number of aryl methyl sites for hydroxylation is 1. The summed E-state index contributed by atoms with van der Waals surface area (Å²) in [7, 11) is 1.55. The number of anilines is 1. The van der Waals surface area contributed by atoms with Gasteiger partial charge in [0.25, 0.3) is 0 Å². The van der Waals surface area contributed by atoms with Crippen molar-refractivity contribution in [2.75, 3.05) is 5.43 Å². The normalized spacial score (nSPS) is 15.3. The Balaban J connectivity index is 1.78. The predicted molar refractivity (Wildman–Crippen MR) is 96.5 cm³/mol. The first-order valence-corrected chi connectivity index (χ1v) is 8.46. The molecule has 0 unspecified atom stereocenters. The maximum Gasteiger partial charge on any atom is 0.318 e. The molecule has 0 spiro atoms. The molecule has 1 aliphatic carbocycles. The van der Waals surface area contributed by atoms with E-state index in [1.54, 1.807) is 25.4 Å². The highest BCUT2D eigenvalue weighted by molar-refractivity contribution is 5.76. The van der Waals surface area contributed by atoms with Crippen molar-refractivity contribution in [3.8, 4) is 0 Å². The molecule has 26 heavy (non-hydrogen) atoms. The molecule has 4 rings (SSSR count). The molecule has 0 radical (unpaired) electrons. The molecule has 1 aliphatic rings. The van der Waals surface area contributed by atoms with E-state index in [2.05, 4.69) is 20.5 Å². The lowest BCUT2D eigenvalue weighted by Gasteiger charge is -2.17. The van der Waals surface area contributed by atoms with Crippen molar-refractivity contribution in [2.24, 2.45) is 12.1 Å². The van der Waals surface area contributed by atoms with Crippen LogP contribution in [0.5, 0.6) is 0 Å². The molecule has 3 heterocycles. The number of hydrogen-bond donors (Lipinski definition) is 1. The minimum atomic E-state index is -0.565. The summed E-state index contributed by atoms with van der Waals surface area (Å²) in [5.74, 6) is 0.827. The van der Waals surface area contributed by atoms with Crippen LogP contribution in [0.1, 0.15) is 37.5 Å². The largest absolute Gasteiger partial charge is 0.463 e. The van der Waals surface area contributed by atoms with Gasteiger partial charge in [0.2, 0.25) is 5.95 Å². The van der Waals surface area contributed by atoms with Crippen LogP contribution < -0.4 is 16.5 Å². The van der Waals surface area contributed by atoms with Crippen LogP contribution in [0.3, 0.4) is 0 Å². The second-order valence-electron chi connectivity index (χ2n) is 6.27. The maximum atomic E-state index is 12.6. The fourth-order valence-electron chi connectivity index (χ4n) is 3.31. The van der Waals surface area contributed by atoms with Crippen molar-refractivity contribution < 1.29 is 4.42 Å². The minimum absolute atomic E-state index is 0.00623. The zero-order chi connectivity index (χ0) is 18.1. The molecule has 1 saturated carbocycles. The Labute approximate surface area is 148 Å². The molecule has 0 aromatic carbocycles. The molecular weight excluding hydrogens is 336 g/mol. The highest BCUT2D eigenvalue weighted by Crippen LogP contribution is 2.29. The first-order valence-electron chi connectivity index (χ1n) is 8.46. The predicted octanol–water partition coefficient (Wildman–Crippen LogP) is 1.64. The second kappa shape index (κ2) is 6.58. The topological polar surface area (TPSA) is 107 Å². The van der Waals surface area contributed by atoms with Crippen LogP contribution in [-0.4, -0.2) is 25.3 Å². The van der Waals surface area contributed by atoms with Gasteiger partial charge in [0, 0.05) is 13.1 Å². The van der Waals surface area contributed by atoms with E-state index in [1.807, 2.05) is 0 Å². The lowest BCUT2D eigenvalue weighted by molar-refractivity contribution is 0.507. The quantitative estimate of drug-likeness (QED) is 0.434. The van der Waals surface area contributed by atoms with Gasteiger partial charge in [0.15, 0.2) is 5.65 Å². The molecule has 0 atom stereocenters. The van der Waals surface area contributed by atoms with E-state index in [0.29, 0.717) is 16.9 Å². The van der Waals surface area contributed by atoms with Crippen molar-refractivity contribution in [3.63, 3.8) is 0 Å². The summed E-state index contributed by atoms with van der Waals surface area (Å²) in [6.45, 7) is 0. The molecule has 134 valence electrons. The number of nitrogens with zero attached hydrogens (tertiary/aromatic N) is 5. The van der Waals surface area contributed by atoms with Crippen LogP contribution in [0.2, 0.25) is 0 Å². The van der Waals surface area contributed by atoms with Crippen LogP contribution in [0.25, 0.3) is 11.2 Å². The van der Waals surface area contributed by atoms with Gasteiger partial charge in [0.05, 0.1) is 18.7 Å². The summed E-state index contributed by atoms with van der Waals surface area (Å²) in [5, 5.41) is 4.03. The Kier molecular flexibility index (Phi) is 4.11. The number of hydrazone groups is 1. The van der Waals surface area contributed by atoms with Crippen molar-refractivity contribution >= 4 is 23.3 Å². The third-order valence-corrected chi connectivity index (χ3v) is 4.64. The first-order chi connectivity index (χ1) is 12.6. The molecule has 3 aromatic rings. The average molecular weight is 354 g/mol. The molecule has 0 aliphatic heterocycles. The van der Waals surface area contributed by atoms with Crippen molar-refractivity contribution in [1.82, 2.24) is 19.1 Å². The summed E-state index contributed by atoms with van der Waals surface area (Å²) in [4.78, 5) is 33.5. The number of rotatable bonds is 4. The molecule has 9 heteroatoms. The second-order valence-corrected chi connectivity index (χ2v) is 6.27. The van der Waals surface area contributed by atoms with E-state index in [4.69, 9.17) is 4.42 Å². The standard InChI is InChI=1S/C17H18N6O3/c1-22-13-10-18-17(21-19-9-12-7-4-8-26-12)20-14(13)23(16(25)15(22)24)11-5-2-3-6-11/h4,7-11H,2-3,5-6H2,1H3,(H,18,20,21)/b19-9+. The van der Waals surface area contributed by atoms with Gasteiger partial charge in [-0.15, -0.1) is 0 Å². The van der Waals surface area contributed by atoms with Crippen molar-refractivity contribution in [2.45, 2.75) is 31.7 Å². The van der Waals surface area contributed by atoms with E-state index in [-0.39, 0.29) is 12.0 Å². The monoisotopic (exact) mass is 354 g/mol. The smallest absolute Gasteiger partial charge is 0.318 e. The molecular formula is C17H18N6O3. The lowest BCUT2D eigenvalue weighted by Crippen LogP contribution is -2.42. The summed E-state index contributed by atoms with van der Waals surface area (Å²) < 4.78 is 7.97. The summed E-state index contributed by atoms with van der Waals surface area (Å²) in [6.07, 6.45) is 8.39. The summed E-state index contributed by atoms with van der Waals surface area (Å²) in [5.41, 5.74) is 2.58. The summed E-state index contributed by atoms with van der Waals surface area (Å²) >= 11 is 0. The third kappa shape index (κ3) is 2.81. The molecule has 3 aromatic heterocycles. The Morgan fingerprint density at radius 1 is 1.31 bits per heavy atom. The van der Waals surface area contributed by atoms with Gasteiger partial charge in [0.1, 0.15) is 11.3 Å². The Hall–Kier alpha value is -3.23. The Bertz CT molecular complexity index is 1070. The van der Waals surface area contributed by atoms with Gasteiger partial charge in [-0.1, -0.05) is 12.8 Å². The zero-order valence-corrected chi connectivity index (χ0v) is 14.3. The van der Waals surface area contributed by atoms with Gasteiger partial charge in [-0.25, -0.2) is 10.4 Å². The van der Waals surface area contributed by atoms with Crippen LogP contribution in [0, 0.1) is 0 Å². The number of aromatic nitrogens is 4. The number of hydrogen-bond acceptors (Lipinski definition) is 7. The molecule has 1 fully saturated rings. The SMILES string of the molecule is Cn1c(=O)c(=O)n(C2CCCC2)c2nc(N/N=C/c3ccco3)ncc21. The molecule has 0 amide bonds. The first kappa shape index (κ1) is 16.2. The van der Waals surface area contributed by atoms with E-state index >= 15 is 0 Å². The van der Waals surface area contributed by atoms with E-state index in [1.165, 1.54) is 21.5 Å². The van der Waals surface area contributed by atoms with E-state index in [9.17, 15) is 9.59 Å². The Morgan fingerprint density at radius 2 is 2.12 bits per heavy atom. The minimum Gasteiger partial charge on any atom is -0.463 e. The van der Waals surface area contributed by atoms with Crippen LogP contribution >= 0.6 is 0 Å². The molecule has 1 N–H and O–H groups in total.